The summed E-state index contributed by atoms with van der Waals surface area (Å²) < 4.78 is 34.9. The third kappa shape index (κ3) is 4.57. The summed E-state index contributed by atoms with van der Waals surface area (Å²) in [5.74, 6) is 0. The minimum absolute atomic E-state index is 0.0556. The van der Waals surface area contributed by atoms with Crippen molar-refractivity contribution in [2.45, 2.75) is 32.2 Å². The number of nitrogens with two attached hydrogens (primary N) is 1. The molecule has 130 valence electrons. The van der Waals surface area contributed by atoms with Crippen molar-refractivity contribution in [2.75, 3.05) is 19.6 Å². The Balaban J connectivity index is 2.22. The third-order valence-electron chi connectivity index (χ3n) is 3.32. The molecule has 1 aromatic heterocycles. The van der Waals surface area contributed by atoms with E-state index in [1.807, 2.05) is 0 Å². The highest BCUT2D eigenvalue weighted by atomic mass is 32.3. The Labute approximate surface area is 138 Å². The fourth-order valence-electron chi connectivity index (χ4n) is 2.38. The van der Waals surface area contributed by atoms with E-state index in [9.17, 15) is 13.2 Å². The molecule has 0 radical (unpaired) electrons. The molecule has 1 aromatic rings. The quantitative estimate of drug-likeness (QED) is 0.689. The highest BCUT2D eigenvalue weighted by Gasteiger charge is 2.35. The van der Waals surface area contributed by atoms with Gasteiger partial charge in [0.15, 0.2) is 0 Å². The molecular weight excluding hydrogens is 346 g/mol. The zero-order chi connectivity index (χ0) is 17.0. The molecule has 0 saturated carbocycles. The first-order chi connectivity index (χ1) is 10.9. The first-order valence-corrected chi connectivity index (χ1v) is 9.31. The minimum Gasteiger partial charge on any atom is -0.330 e. The van der Waals surface area contributed by atoms with E-state index in [-0.39, 0.29) is 12.6 Å². The zero-order valence-corrected chi connectivity index (χ0v) is 14.2. The summed E-state index contributed by atoms with van der Waals surface area (Å²) in [4.78, 5) is 13.9. The molecule has 2 rings (SSSR count). The number of rotatable bonds is 6. The summed E-state index contributed by atoms with van der Waals surface area (Å²) in [7, 11) is -4.75. The van der Waals surface area contributed by atoms with Crippen molar-refractivity contribution in [3.05, 3.63) is 10.0 Å². The SMILES string of the molecule is CCN1C(=O)N(OS(=O)(=O)O)CCC[C@H]1c1nnc(CCN)s1. The number of aromatic nitrogens is 2. The van der Waals surface area contributed by atoms with Crippen LogP contribution in [0.3, 0.4) is 0 Å². The summed E-state index contributed by atoms with van der Waals surface area (Å²) in [5, 5.41) is 10.3. The molecule has 23 heavy (non-hydrogen) atoms. The summed E-state index contributed by atoms with van der Waals surface area (Å²) in [6.07, 6.45) is 1.69. The number of carbonyl (C=O) groups excluding carboxylic acids is 1. The van der Waals surface area contributed by atoms with Gasteiger partial charge in [-0.3, -0.25) is 4.55 Å². The van der Waals surface area contributed by atoms with Crippen molar-refractivity contribution in [3.63, 3.8) is 0 Å². The minimum atomic E-state index is -4.75. The topological polar surface area (TPSA) is 139 Å². The van der Waals surface area contributed by atoms with Gasteiger partial charge < -0.3 is 10.6 Å². The van der Waals surface area contributed by atoms with Gasteiger partial charge in [-0.05, 0) is 26.3 Å². The van der Waals surface area contributed by atoms with Crippen LogP contribution in [0.25, 0.3) is 0 Å². The Morgan fingerprint density at radius 3 is 2.83 bits per heavy atom. The number of carbonyl (C=O) groups is 1. The lowest BCUT2D eigenvalue weighted by Gasteiger charge is -2.29. The average Bonchev–Trinajstić information content (AvgIpc) is 2.86. The monoisotopic (exact) mass is 365 g/mol. The normalized spacial score (nSPS) is 20.0. The van der Waals surface area contributed by atoms with Gasteiger partial charge in [-0.25, -0.2) is 4.79 Å². The van der Waals surface area contributed by atoms with Gasteiger partial charge in [-0.1, -0.05) is 11.3 Å². The number of hydroxylamine groups is 2. The van der Waals surface area contributed by atoms with E-state index in [2.05, 4.69) is 14.5 Å². The Bertz CT molecular complexity index is 649. The van der Waals surface area contributed by atoms with Crippen molar-refractivity contribution in [1.29, 1.82) is 0 Å². The van der Waals surface area contributed by atoms with Crippen LogP contribution in [0.2, 0.25) is 0 Å². The molecule has 0 aromatic carbocycles. The summed E-state index contributed by atoms with van der Waals surface area (Å²) in [6.45, 7) is 2.62. The average molecular weight is 365 g/mol. The number of amides is 2. The van der Waals surface area contributed by atoms with Crippen LogP contribution in [0.5, 0.6) is 0 Å². The lowest BCUT2D eigenvalue weighted by molar-refractivity contribution is -0.0272. The van der Waals surface area contributed by atoms with Crippen LogP contribution in [0.4, 0.5) is 4.79 Å². The first-order valence-electron chi connectivity index (χ1n) is 7.13. The van der Waals surface area contributed by atoms with Crippen LogP contribution in [-0.4, -0.2) is 58.8 Å². The highest BCUT2D eigenvalue weighted by molar-refractivity contribution is 7.80. The maximum Gasteiger partial charge on any atom is 0.418 e. The third-order valence-corrected chi connectivity index (χ3v) is 4.78. The van der Waals surface area contributed by atoms with Gasteiger partial charge >= 0.3 is 16.4 Å². The van der Waals surface area contributed by atoms with E-state index in [1.165, 1.54) is 16.2 Å². The predicted octanol–water partition coefficient (Wildman–Crippen LogP) is 0.352. The molecule has 1 saturated heterocycles. The van der Waals surface area contributed by atoms with E-state index in [0.29, 0.717) is 42.4 Å². The number of urea groups is 1. The largest absolute Gasteiger partial charge is 0.418 e. The van der Waals surface area contributed by atoms with Crippen LogP contribution in [0, 0.1) is 0 Å². The molecule has 10 nitrogen and oxygen atoms in total. The maximum atomic E-state index is 12.5. The van der Waals surface area contributed by atoms with Crippen molar-refractivity contribution >= 4 is 27.8 Å². The van der Waals surface area contributed by atoms with Crippen molar-refractivity contribution < 1.29 is 22.0 Å². The van der Waals surface area contributed by atoms with Gasteiger partial charge in [0.1, 0.15) is 10.0 Å². The molecule has 0 unspecified atom stereocenters. The van der Waals surface area contributed by atoms with Gasteiger partial charge in [-0.15, -0.1) is 14.5 Å². The molecule has 0 bridgehead atoms. The van der Waals surface area contributed by atoms with E-state index >= 15 is 0 Å². The Morgan fingerprint density at radius 1 is 1.48 bits per heavy atom. The van der Waals surface area contributed by atoms with Crippen molar-refractivity contribution in [3.8, 4) is 0 Å². The molecule has 1 aliphatic heterocycles. The van der Waals surface area contributed by atoms with E-state index in [0.717, 1.165) is 5.01 Å². The second kappa shape index (κ2) is 7.49. The van der Waals surface area contributed by atoms with Crippen molar-refractivity contribution in [1.82, 2.24) is 20.2 Å². The van der Waals surface area contributed by atoms with Gasteiger partial charge in [0.05, 0.1) is 12.6 Å². The van der Waals surface area contributed by atoms with E-state index in [4.69, 9.17) is 10.3 Å². The van der Waals surface area contributed by atoms with Gasteiger partial charge in [-0.2, -0.15) is 13.5 Å². The fraction of sp³-hybridized carbons (Fsp3) is 0.727. The van der Waals surface area contributed by atoms with Crippen LogP contribution >= 0.6 is 11.3 Å². The fourth-order valence-corrected chi connectivity index (χ4v) is 3.75. The molecule has 0 aliphatic carbocycles. The highest BCUT2D eigenvalue weighted by Crippen LogP contribution is 2.31. The number of nitrogens with zero attached hydrogens (tertiary/aromatic N) is 4. The molecule has 1 atom stereocenters. The molecule has 2 amide bonds. The Kier molecular flexibility index (Phi) is 5.86. The summed E-state index contributed by atoms with van der Waals surface area (Å²) >= 11 is 1.39. The first kappa shape index (κ1) is 18.0. The smallest absolute Gasteiger partial charge is 0.330 e. The van der Waals surface area contributed by atoms with Crippen LogP contribution in [-0.2, 0) is 21.1 Å². The molecule has 0 spiro atoms. The summed E-state index contributed by atoms with van der Waals surface area (Å²) in [5.41, 5.74) is 5.50. The van der Waals surface area contributed by atoms with E-state index < -0.39 is 16.4 Å². The summed E-state index contributed by atoms with van der Waals surface area (Å²) in [6, 6.07) is -0.949. The molecule has 2 heterocycles. The zero-order valence-electron chi connectivity index (χ0n) is 12.6. The lowest BCUT2D eigenvalue weighted by Crippen LogP contribution is -2.43. The molecule has 12 heteroatoms. The second-order valence-electron chi connectivity index (χ2n) is 4.90. The van der Waals surface area contributed by atoms with Gasteiger partial charge in [0, 0.05) is 13.0 Å². The number of hydrogen-bond acceptors (Lipinski definition) is 8. The predicted molar refractivity (Wildman–Crippen MR) is 81.8 cm³/mol. The molecule has 1 fully saturated rings. The molecule has 1 aliphatic rings. The van der Waals surface area contributed by atoms with Crippen LogP contribution in [0.15, 0.2) is 0 Å². The second-order valence-corrected chi connectivity index (χ2v) is 7.00. The lowest BCUT2D eigenvalue weighted by atomic mass is 10.1. The van der Waals surface area contributed by atoms with Crippen molar-refractivity contribution in [2.24, 2.45) is 5.73 Å². The standard InChI is InChI=1S/C11H19N5O5S2/c1-2-15-8(10-14-13-9(22-10)5-6-12)4-3-7-16(11(15)17)21-23(18,19)20/h8H,2-7,12H2,1H3,(H,18,19,20)/t8-/m0/s1. The Hall–Kier alpha value is -1.34. The van der Waals surface area contributed by atoms with Gasteiger partial charge in [0.2, 0.25) is 0 Å². The molecular formula is C11H19N5O5S2. The Morgan fingerprint density at radius 2 is 2.22 bits per heavy atom. The maximum absolute atomic E-state index is 12.5. The van der Waals surface area contributed by atoms with E-state index in [1.54, 1.807) is 6.92 Å². The molecule has 3 N–H and O–H groups in total. The van der Waals surface area contributed by atoms with Crippen LogP contribution in [0.1, 0.15) is 35.8 Å². The number of hydrogen-bond donors (Lipinski definition) is 2. The van der Waals surface area contributed by atoms with Crippen LogP contribution < -0.4 is 5.73 Å². The van der Waals surface area contributed by atoms with Gasteiger partial charge in [0.25, 0.3) is 0 Å².